The van der Waals surface area contributed by atoms with Crippen LogP contribution in [0.3, 0.4) is 0 Å². The molecule has 0 aliphatic carbocycles. The SMILES string of the molecule is CCCCCC=CCCC(CCCCCCCC(=O)OC)OC(C)=O. The largest absolute Gasteiger partial charge is 0.469 e. The predicted octanol–water partition coefficient (Wildman–Crippen LogP) is 5.74. The molecular formula is C21H38O4. The second-order valence-corrected chi connectivity index (χ2v) is 6.66. The summed E-state index contributed by atoms with van der Waals surface area (Å²) in [5.74, 6) is -0.312. The van der Waals surface area contributed by atoms with Crippen molar-refractivity contribution >= 4 is 11.9 Å². The van der Waals surface area contributed by atoms with Gasteiger partial charge >= 0.3 is 11.9 Å². The molecule has 25 heavy (non-hydrogen) atoms. The van der Waals surface area contributed by atoms with Gasteiger partial charge in [0.15, 0.2) is 0 Å². The number of carbonyl (C=O) groups is 2. The maximum Gasteiger partial charge on any atom is 0.305 e. The van der Waals surface area contributed by atoms with Crippen molar-refractivity contribution < 1.29 is 19.1 Å². The van der Waals surface area contributed by atoms with E-state index in [9.17, 15) is 9.59 Å². The molecule has 0 amide bonds. The molecule has 0 heterocycles. The number of hydrogen-bond donors (Lipinski definition) is 0. The Balaban J connectivity index is 3.77. The molecule has 0 spiro atoms. The molecule has 0 bridgehead atoms. The summed E-state index contributed by atoms with van der Waals surface area (Å²) < 4.78 is 10.1. The minimum atomic E-state index is -0.185. The van der Waals surface area contributed by atoms with Crippen molar-refractivity contribution in [1.29, 1.82) is 0 Å². The Hall–Kier alpha value is -1.32. The first-order chi connectivity index (χ1) is 12.1. The van der Waals surface area contributed by atoms with Gasteiger partial charge in [-0.1, -0.05) is 51.2 Å². The van der Waals surface area contributed by atoms with Crippen LogP contribution in [0.2, 0.25) is 0 Å². The van der Waals surface area contributed by atoms with Crippen molar-refractivity contribution in [1.82, 2.24) is 0 Å². The quantitative estimate of drug-likeness (QED) is 0.201. The predicted molar refractivity (Wildman–Crippen MR) is 102 cm³/mol. The molecule has 4 heteroatoms. The van der Waals surface area contributed by atoms with E-state index in [1.165, 1.54) is 33.3 Å². The zero-order valence-electron chi connectivity index (χ0n) is 16.6. The van der Waals surface area contributed by atoms with Gasteiger partial charge in [-0.2, -0.15) is 0 Å². The Morgan fingerprint density at radius 3 is 2.24 bits per heavy atom. The first kappa shape index (κ1) is 23.7. The highest BCUT2D eigenvalue weighted by Crippen LogP contribution is 2.15. The third-order valence-corrected chi connectivity index (χ3v) is 4.26. The lowest BCUT2D eigenvalue weighted by Gasteiger charge is -2.16. The standard InChI is InChI=1S/C21H38O4/c1-4-5-6-7-8-10-13-16-20(25-19(2)22)17-14-11-9-12-15-18-21(23)24-3/h8,10,20H,4-7,9,11-18H2,1-3H3. The summed E-state index contributed by atoms with van der Waals surface area (Å²) in [6.45, 7) is 3.70. The van der Waals surface area contributed by atoms with Crippen LogP contribution in [0.1, 0.15) is 97.3 Å². The van der Waals surface area contributed by atoms with Crippen LogP contribution in [0.5, 0.6) is 0 Å². The van der Waals surface area contributed by atoms with Crippen LogP contribution in [0.15, 0.2) is 12.2 Å². The van der Waals surface area contributed by atoms with Gasteiger partial charge in [-0.3, -0.25) is 9.59 Å². The first-order valence-corrected chi connectivity index (χ1v) is 9.99. The van der Waals surface area contributed by atoms with Crippen molar-refractivity contribution in [3.8, 4) is 0 Å². The second kappa shape index (κ2) is 17.5. The first-order valence-electron chi connectivity index (χ1n) is 9.99. The van der Waals surface area contributed by atoms with E-state index in [2.05, 4.69) is 23.8 Å². The molecule has 0 aromatic rings. The summed E-state index contributed by atoms with van der Waals surface area (Å²) in [5, 5.41) is 0. The third-order valence-electron chi connectivity index (χ3n) is 4.26. The van der Waals surface area contributed by atoms with Gasteiger partial charge in [-0.15, -0.1) is 0 Å². The Morgan fingerprint density at radius 2 is 1.56 bits per heavy atom. The number of unbranched alkanes of at least 4 members (excludes halogenated alkanes) is 7. The summed E-state index contributed by atoms with van der Waals surface area (Å²) in [5.41, 5.74) is 0. The molecule has 146 valence electrons. The van der Waals surface area contributed by atoms with Gasteiger partial charge in [-0.25, -0.2) is 0 Å². The smallest absolute Gasteiger partial charge is 0.305 e. The lowest BCUT2D eigenvalue weighted by molar-refractivity contribution is -0.147. The van der Waals surface area contributed by atoms with Gasteiger partial charge in [0.1, 0.15) is 6.10 Å². The van der Waals surface area contributed by atoms with E-state index in [1.807, 2.05) is 0 Å². The number of ether oxygens (including phenoxy) is 2. The van der Waals surface area contributed by atoms with E-state index in [-0.39, 0.29) is 18.0 Å². The van der Waals surface area contributed by atoms with Crippen LogP contribution in [0, 0.1) is 0 Å². The molecule has 0 aliphatic rings. The Labute approximate surface area is 154 Å². The van der Waals surface area contributed by atoms with Crippen molar-refractivity contribution in [2.24, 2.45) is 0 Å². The van der Waals surface area contributed by atoms with Crippen molar-refractivity contribution in [3.05, 3.63) is 12.2 Å². The summed E-state index contributed by atoms with van der Waals surface area (Å²) >= 11 is 0. The summed E-state index contributed by atoms with van der Waals surface area (Å²) in [6, 6.07) is 0. The number of hydrogen-bond acceptors (Lipinski definition) is 4. The average molecular weight is 355 g/mol. The van der Waals surface area contributed by atoms with Gasteiger partial charge in [0, 0.05) is 13.3 Å². The van der Waals surface area contributed by atoms with Gasteiger partial charge < -0.3 is 9.47 Å². The highest BCUT2D eigenvalue weighted by atomic mass is 16.5. The van der Waals surface area contributed by atoms with Gasteiger partial charge in [0.25, 0.3) is 0 Å². The van der Waals surface area contributed by atoms with Crippen molar-refractivity contribution in [2.75, 3.05) is 7.11 Å². The molecule has 0 saturated carbocycles. The van der Waals surface area contributed by atoms with Crippen LogP contribution in [-0.4, -0.2) is 25.2 Å². The number of allylic oxidation sites excluding steroid dienone is 2. The lowest BCUT2D eigenvalue weighted by atomic mass is 10.0. The molecule has 4 nitrogen and oxygen atoms in total. The number of rotatable bonds is 16. The van der Waals surface area contributed by atoms with Gasteiger partial charge in [-0.05, 0) is 44.9 Å². The Morgan fingerprint density at radius 1 is 0.880 bits per heavy atom. The summed E-state index contributed by atoms with van der Waals surface area (Å²) in [6.07, 6.45) is 18.0. The molecular weight excluding hydrogens is 316 g/mol. The lowest BCUT2D eigenvalue weighted by Crippen LogP contribution is -2.16. The van der Waals surface area contributed by atoms with E-state index < -0.39 is 0 Å². The van der Waals surface area contributed by atoms with Crippen LogP contribution in [0.4, 0.5) is 0 Å². The maximum atomic E-state index is 11.2. The highest BCUT2D eigenvalue weighted by Gasteiger charge is 2.10. The van der Waals surface area contributed by atoms with E-state index in [1.54, 1.807) is 0 Å². The molecule has 0 aromatic heterocycles. The van der Waals surface area contributed by atoms with E-state index in [4.69, 9.17) is 4.74 Å². The highest BCUT2D eigenvalue weighted by molar-refractivity contribution is 5.68. The molecule has 0 rings (SSSR count). The molecule has 0 radical (unpaired) electrons. The normalized spacial score (nSPS) is 12.3. The van der Waals surface area contributed by atoms with Crippen molar-refractivity contribution in [3.63, 3.8) is 0 Å². The Kier molecular flexibility index (Phi) is 16.6. The van der Waals surface area contributed by atoms with Crippen LogP contribution < -0.4 is 0 Å². The fraction of sp³-hybridized carbons (Fsp3) is 0.810. The monoisotopic (exact) mass is 354 g/mol. The zero-order valence-corrected chi connectivity index (χ0v) is 16.6. The third kappa shape index (κ3) is 17.3. The molecule has 1 unspecified atom stereocenters. The molecule has 0 N–H and O–H groups in total. The minimum absolute atomic E-state index is 0.0351. The molecule has 0 aliphatic heterocycles. The zero-order chi connectivity index (χ0) is 18.8. The van der Waals surface area contributed by atoms with Gasteiger partial charge in [0.2, 0.25) is 0 Å². The fourth-order valence-corrected chi connectivity index (χ4v) is 2.80. The maximum absolute atomic E-state index is 11.2. The molecule has 1 atom stereocenters. The molecule has 0 fully saturated rings. The van der Waals surface area contributed by atoms with Crippen LogP contribution in [0.25, 0.3) is 0 Å². The minimum Gasteiger partial charge on any atom is -0.469 e. The van der Waals surface area contributed by atoms with E-state index >= 15 is 0 Å². The van der Waals surface area contributed by atoms with Crippen LogP contribution in [-0.2, 0) is 19.1 Å². The number of methoxy groups -OCH3 is 1. The van der Waals surface area contributed by atoms with Crippen molar-refractivity contribution in [2.45, 2.75) is 103 Å². The summed E-state index contributed by atoms with van der Waals surface area (Å²) in [7, 11) is 1.43. The molecule has 0 saturated heterocycles. The average Bonchev–Trinajstić information content (AvgIpc) is 2.59. The molecule has 0 aromatic carbocycles. The van der Waals surface area contributed by atoms with E-state index in [0.29, 0.717) is 6.42 Å². The Bertz CT molecular complexity index is 363. The number of esters is 2. The van der Waals surface area contributed by atoms with E-state index in [0.717, 1.165) is 57.8 Å². The van der Waals surface area contributed by atoms with Crippen LogP contribution >= 0.6 is 0 Å². The number of carbonyl (C=O) groups excluding carboxylic acids is 2. The fourth-order valence-electron chi connectivity index (χ4n) is 2.80. The topological polar surface area (TPSA) is 52.6 Å². The summed E-state index contributed by atoms with van der Waals surface area (Å²) in [4.78, 5) is 22.3. The van der Waals surface area contributed by atoms with Gasteiger partial charge in [0.05, 0.1) is 7.11 Å². The second-order valence-electron chi connectivity index (χ2n) is 6.66.